The molecule has 2 aromatic rings. The summed E-state index contributed by atoms with van der Waals surface area (Å²) in [5.74, 6) is 2.28. The molecule has 0 aliphatic heterocycles. The lowest BCUT2D eigenvalue weighted by molar-refractivity contribution is 0.413. The Balaban J connectivity index is 2.09. The number of nitrogens with zero attached hydrogens (tertiary/aromatic N) is 4. The van der Waals surface area contributed by atoms with E-state index in [9.17, 15) is 0 Å². The summed E-state index contributed by atoms with van der Waals surface area (Å²) in [6.45, 7) is 8.01. The molecule has 0 aliphatic rings. The molecule has 1 aromatic carbocycles. The van der Waals surface area contributed by atoms with E-state index in [0.29, 0.717) is 12.5 Å². The molecule has 1 heterocycles. The van der Waals surface area contributed by atoms with Crippen LogP contribution < -0.4 is 10.1 Å². The fourth-order valence-corrected chi connectivity index (χ4v) is 2.08. The number of tetrazole rings is 1. The van der Waals surface area contributed by atoms with E-state index in [1.54, 1.807) is 7.11 Å². The summed E-state index contributed by atoms with van der Waals surface area (Å²) >= 11 is 0. The van der Waals surface area contributed by atoms with E-state index < -0.39 is 0 Å². The molecule has 0 saturated carbocycles. The smallest absolute Gasteiger partial charge is 0.168 e. The van der Waals surface area contributed by atoms with E-state index in [1.165, 1.54) is 0 Å². The van der Waals surface area contributed by atoms with Crippen LogP contribution in [0.1, 0.15) is 38.2 Å². The predicted octanol–water partition coefficient (Wildman–Crippen LogP) is 2.04. The SMILES string of the molecule is COc1cccc(Cn2nnnc2C(C)NCC(C)C)c1. The summed E-state index contributed by atoms with van der Waals surface area (Å²) in [5.41, 5.74) is 1.11. The highest BCUT2D eigenvalue weighted by Gasteiger charge is 2.14. The maximum absolute atomic E-state index is 5.24. The highest BCUT2D eigenvalue weighted by Crippen LogP contribution is 2.15. The Morgan fingerprint density at radius 2 is 2.10 bits per heavy atom. The summed E-state index contributed by atoms with van der Waals surface area (Å²) in [5, 5.41) is 15.5. The molecule has 0 aliphatic carbocycles. The molecule has 0 saturated heterocycles. The summed E-state index contributed by atoms with van der Waals surface area (Å²) in [6.07, 6.45) is 0. The van der Waals surface area contributed by atoms with Crippen molar-refractivity contribution >= 4 is 0 Å². The van der Waals surface area contributed by atoms with Crippen LogP contribution in [0.5, 0.6) is 5.75 Å². The van der Waals surface area contributed by atoms with Crippen molar-refractivity contribution in [2.75, 3.05) is 13.7 Å². The number of aromatic nitrogens is 4. The Bertz CT molecular complexity index is 567. The van der Waals surface area contributed by atoms with Crippen LogP contribution >= 0.6 is 0 Å². The molecule has 1 unspecified atom stereocenters. The zero-order chi connectivity index (χ0) is 15.2. The lowest BCUT2D eigenvalue weighted by atomic mass is 10.2. The molecule has 21 heavy (non-hydrogen) atoms. The topological polar surface area (TPSA) is 64.9 Å². The monoisotopic (exact) mass is 289 g/mol. The summed E-state index contributed by atoms with van der Waals surface area (Å²) in [4.78, 5) is 0. The number of benzene rings is 1. The third-order valence-electron chi connectivity index (χ3n) is 3.25. The average Bonchev–Trinajstić information content (AvgIpc) is 2.93. The fourth-order valence-electron chi connectivity index (χ4n) is 2.08. The molecule has 0 spiro atoms. The molecule has 0 radical (unpaired) electrons. The molecular weight excluding hydrogens is 266 g/mol. The maximum Gasteiger partial charge on any atom is 0.168 e. The van der Waals surface area contributed by atoms with E-state index in [1.807, 2.05) is 28.9 Å². The standard InChI is InChI=1S/C15H23N5O/c1-11(2)9-16-12(3)15-17-18-19-20(15)10-13-6-5-7-14(8-13)21-4/h5-8,11-12,16H,9-10H2,1-4H3. The molecule has 6 heteroatoms. The Morgan fingerprint density at radius 3 is 2.81 bits per heavy atom. The Kier molecular flexibility index (Phi) is 5.27. The third-order valence-corrected chi connectivity index (χ3v) is 3.25. The molecule has 114 valence electrons. The van der Waals surface area contributed by atoms with Crippen LogP contribution in [0.2, 0.25) is 0 Å². The van der Waals surface area contributed by atoms with Gasteiger partial charge in [0.05, 0.1) is 19.7 Å². The summed E-state index contributed by atoms with van der Waals surface area (Å²) < 4.78 is 7.07. The first-order chi connectivity index (χ1) is 10.1. The van der Waals surface area contributed by atoms with Gasteiger partial charge in [0.2, 0.25) is 0 Å². The molecule has 1 N–H and O–H groups in total. The van der Waals surface area contributed by atoms with Crippen molar-refractivity contribution in [2.45, 2.75) is 33.4 Å². The first-order valence-electron chi connectivity index (χ1n) is 7.22. The van der Waals surface area contributed by atoms with Crippen LogP contribution in [0, 0.1) is 5.92 Å². The van der Waals surface area contributed by atoms with Crippen LogP contribution in [0.25, 0.3) is 0 Å². The summed E-state index contributed by atoms with van der Waals surface area (Å²) in [7, 11) is 1.67. The number of hydrogen-bond acceptors (Lipinski definition) is 5. The van der Waals surface area contributed by atoms with Gasteiger partial charge in [-0.25, -0.2) is 4.68 Å². The molecule has 1 atom stereocenters. The van der Waals surface area contributed by atoms with E-state index >= 15 is 0 Å². The van der Waals surface area contributed by atoms with E-state index in [2.05, 4.69) is 41.6 Å². The quantitative estimate of drug-likeness (QED) is 0.845. The molecule has 0 fully saturated rings. The van der Waals surface area contributed by atoms with Crippen LogP contribution in [0.4, 0.5) is 0 Å². The van der Waals surface area contributed by atoms with Gasteiger partial charge in [0, 0.05) is 0 Å². The minimum atomic E-state index is 0.119. The van der Waals surface area contributed by atoms with Crippen molar-refractivity contribution in [3.8, 4) is 5.75 Å². The van der Waals surface area contributed by atoms with Crippen LogP contribution in [-0.4, -0.2) is 33.9 Å². The van der Waals surface area contributed by atoms with Crippen molar-refractivity contribution in [3.63, 3.8) is 0 Å². The van der Waals surface area contributed by atoms with Gasteiger partial charge in [-0.2, -0.15) is 0 Å². The van der Waals surface area contributed by atoms with Gasteiger partial charge in [-0.15, -0.1) is 5.10 Å². The van der Waals surface area contributed by atoms with Gasteiger partial charge in [-0.3, -0.25) is 0 Å². The molecule has 0 amide bonds. The zero-order valence-electron chi connectivity index (χ0n) is 13.1. The van der Waals surface area contributed by atoms with E-state index in [4.69, 9.17) is 4.74 Å². The normalized spacial score (nSPS) is 12.6. The Hall–Kier alpha value is -1.95. The van der Waals surface area contributed by atoms with Crippen molar-refractivity contribution in [2.24, 2.45) is 5.92 Å². The van der Waals surface area contributed by atoms with Crippen molar-refractivity contribution in [3.05, 3.63) is 35.7 Å². The van der Waals surface area contributed by atoms with Crippen LogP contribution in [0.15, 0.2) is 24.3 Å². The minimum Gasteiger partial charge on any atom is -0.497 e. The van der Waals surface area contributed by atoms with Gasteiger partial charge in [0.25, 0.3) is 0 Å². The number of methoxy groups -OCH3 is 1. The number of hydrogen-bond donors (Lipinski definition) is 1. The number of nitrogens with one attached hydrogen (secondary N) is 1. The lowest BCUT2D eigenvalue weighted by Gasteiger charge is -2.15. The number of rotatable bonds is 7. The van der Waals surface area contributed by atoms with E-state index in [-0.39, 0.29) is 6.04 Å². The van der Waals surface area contributed by atoms with Crippen LogP contribution in [0.3, 0.4) is 0 Å². The van der Waals surface area contributed by atoms with Crippen LogP contribution in [-0.2, 0) is 6.54 Å². The fraction of sp³-hybridized carbons (Fsp3) is 0.533. The molecule has 0 bridgehead atoms. The average molecular weight is 289 g/mol. The predicted molar refractivity (Wildman–Crippen MR) is 81.2 cm³/mol. The zero-order valence-corrected chi connectivity index (χ0v) is 13.1. The molecule has 6 nitrogen and oxygen atoms in total. The summed E-state index contributed by atoms with van der Waals surface area (Å²) in [6, 6.07) is 8.06. The molecule has 1 aromatic heterocycles. The second-order valence-corrected chi connectivity index (χ2v) is 5.57. The van der Waals surface area contributed by atoms with Crippen molar-refractivity contribution in [1.82, 2.24) is 25.5 Å². The van der Waals surface area contributed by atoms with Crippen molar-refractivity contribution < 1.29 is 4.74 Å². The first-order valence-corrected chi connectivity index (χ1v) is 7.22. The maximum atomic E-state index is 5.24. The second kappa shape index (κ2) is 7.17. The van der Waals surface area contributed by atoms with Crippen molar-refractivity contribution in [1.29, 1.82) is 0 Å². The number of ether oxygens (including phenoxy) is 1. The minimum absolute atomic E-state index is 0.119. The molecule has 2 rings (SSSR count). The first kappa shape index (κ1) is 15.4. The van der Waals surface area contributed by atoms with Gasteiger partial charge in [-0.05, 0) is 47.5 Å². The lowest BCUT2D eigenvalue weighted by Crippen LogP contribution is -2.26. The molecular formula is C15H23N5O. The largest absolute Gasteiger partial charge is 0.497 e. The highest BCUT2D eigenvalue weighted by molar-refractivity contribution is 5.28. The highest BCUT2D eigenvalue weighted by atomic mass is 16.5. The van der Waals surface area contributed by atoms with E-state index in [0.717, 1.165) is 23.7 Å². The Labute approximate surface area is 125 Å². The van der Waals surface area contributed by atoms with Gasteiger partial charge >= 0.3 is 0 Å². The second-order valence-electron chi connectivity index (χ2n) is 5.57. The third kappa shape index (κ3) is 4.26. The van der Waals surface area contributed by atoms with Gasteiger partial charge in [0.15, 0.2) is 5.82 Å². The Morgan fingerprint density at radius 1 is 1.29 bits per heavy atom. The van der Waals surface area contributed by atoms with Gasteiger partial charge in [0.1, 0.15) is 5.75 Å². The van der Waals surface area contributed by atoms with Gasteiger partial charge in [-0.1, -0.05) is 26.0 Å². The van der Waals surface area contributed by atoms with Gasteiger partial charge < -0.3 is 10.1 Å².